The van der Waals surface area contributed by atoms with Crippen molar-refractivity contribution in [2.45, 2.75) is 13.3 Å². The number of amides is 1. The third-order valence-electron chi connectivity index (χ3n) is 4.16. The summed E-state index contributed by atoms with van der Waals surface area (Å²) >= 11 is 0. The van der Waals surface area contributed by atoms with Crippen molar-refractivity contribution in [3.63, 3.8) is 0 Å². The highest BCUT2D eigenvalue weighted by Crippen LogP contribution is 2.22. The van der Waals surface area contributed by atoms with E-state index in [0.717, 1.165) is 39.2 Å². The topological polar surface area (TPSA) is 68.0 Å². The van der Waals surface area contributed by atoms with Crippen molar-refractivity contribution >= 4 is 22.7 Å². The Morgan fingerprint density at radius 1 is 1.00 bits per heavy atom. The van der Waals surface area contributed by atoms with Crippen LogP contribution in [0.15, 0.2) is 71.6 Å². The highest BCUT2D eigenvalue weighted by Gasteiger charge is 2.07. The van der Waals surface area contributed by atoms with Gasteiger partial charge in [0, 0.05) is 17.6 Å². The number of nitrogens with one attached hydrogen (secondary N) is 1. The number of oxazole rings is 1. The van der Waals surface area contributed by atoms with Crippen LogP contribution in [0.4, 0.5) is 5.69 Å². The molecular formula is C21H17N3O2. The molecule has 0 saturated carbocycles. The minimum Gasteiger partial charge on any atom is -0.443 e. The van der Waals surface area contributed by atoms with Crippen LogP contribution in [0, 0.1) is 6.92 Å². The van der Waals surface area contributed by atoms with E-state index in [1.54, 1.807) is 6.20 Å². The summed E-state index contributed by atoms with van der Waals surface area (Å²) in [5.41, 5.74) is 6.31. The first-order valence-electron chi connectivity index (χ1n) is 8.32. The fraction of sp³-hybridized carbons (Fsp3) is 0.0952. The number of aromatic nitrogens is 2. The molecule has 0 aliphatic carbocycles. The van der Waals surface area contributed by atoms with Crippen LogP contribution in [0.3, 0.4) is 0 Å². The molecule has 1 amide bonds. The standard InChI is InChI=1S/C21H17N3O2/c1-14-10-17(8-9-22-14)16-3-5-18(6-4-16)24-21(25)12-15-2-7-20-19(11-15)23-13-26-20/h2-11,13H,12H2,1H3,(H,24,25). The quantitative estimate of drug-likeness (QED) is 0.597. The first-order valence-corrected chi connectivity index (χ1v) is 8.32. The van der Waals surface area contributed by atoms with Crippen molar-refractivity contribution in [2.75, 3.05) is 5.32 Å². The molecule has 0 unspecified atom stereocenters. The van der Waals surface area contributed by atoms with Gasteiger partial charge in [-0.15, -0.1) is 0 Å². The maximum Gasteiger partial charge on any atom is 0.228 e. The molecule has 2 aromatic carbocycles. The van der Waals surface area contributed by atoms with Gasteiger partial charge in [-0.1, -0.05) is 18.2 Å². The molecule has 0 radical (unpaired) electrons. The number of fused-ring (bicyclic) bond motifs is 1. The zero-order chi connectivity index (χ0) is 17.9. The molecule has 4 rings (SSSR count). The molecule has 0 aliphatic rings. The Morgan fingerprint density at radius 3 is 2.65 bits per heavy atom. The van der Waals surface area contributed by atoms with Gasteiger partial charge in [0.1, 0.15) is 5.52 Å². The van der Waals surface area contributed by atoms with Gasteiger partial charge in [0.2, 0.25) is 5.91 Å². The van der Waals surface area contributed by atoms with Crippen molar-refractivity contribution in [1.82, 2.24) is 9.97 Å². The van der Waals surface area contributed by atoms with Crippen molar-refractivity contribution in [1.29, 1.82) is 0 Å². The molecule has 1 N–H and O–H groups in total. The Morgan fingerprint density at radius 2 is 1.85 bits per heavy atom. The molecule has 128 valence electrons. The van der Waals surface area contributed by atoms with Crippen molar-refractivity contribution < 1.29 is 9.21 Å². The molecule has 2 heterocycles. The number of anilines is 1. The molecule has 4 aromatic rings. The molecule has 5 heteroatoms. The van der Waals surface area contributed by atoms with E-state index in [1.807, 2.05) is 61.5 Å². The first-order chi connectivity index (χ1) is 12.7. The van der Waals surface area contributed by atoms with Gasteiger partial charge in [-0.25, -0.2) is 4.98 Å². The highest BCUT2D eigenvalue weighted by molar-refractivity contribution is 5.93. The lowest BCUT2D eigenvalue weighted by atomic mass is 10.1. The lowest BCUT2D eigenvalue weighted by Crippen LogP contribution is -2.14. The Labute approximate surface area is 150 Å². The predicted molar refractivity (Wildman–Crippen MR) is 101 cm³/mol. The van der Waals surface area contributed by atoms with Crippen LogP contribution in [-0.2, 0) is 11.2 Å². The second-order valence-electron chi connectivity index (χ2n) is 6.14. The van der Waals surface area contributed by atoms with Crippen LogP contribution < -0.4 is 5.32 Å². The van der Waals surface area contributed by atoms with Crippen LogP contribution in [0.2, 0.25) is 0 Å². The monoisotopic (exact) mass is 343 g/mol. The lowest BCUT2D eigenvalue weighted by molar-refractivity contribution is -0.115. The predicted octanol–water partition coefficient (Wildman–Crippen LogP) is 4.38. The fourth-order valence-corrected chi connectivity index (χ4v) is 2.88. The summed E-state index contributed by atoms with van der Waals surface area (Å²) in [4.78, 5) is 20.6. The number of hydrogen-bond acceptors (Lipinski definition) is 4. The Hall–Kier alpha value is -3.47. The molecule has 0 fully saturated rings. The third kappa shape index (κ3) is 3.47. The maximum absolute atomic E-state index is 12.3. The van der Waals surface area contributed by atoms with Crippen LogP contribution in [0.25, 0.3) is 22.2 Å². The minimum atomic E-state index is -0.0691. The van der Waals surface area contributed by atoms with Crippen molar-refractivity contribution in [3.05, 3.63) is 78.4 Å². The molecule has 0 bridgehead atoms. The highest BCUT2D eigenvalue weighted by atomic mass is 16.3. The van der Waals surface area contributed by atoms with Gasteiger partial charge in [0.05, 0.1) is 6.42 Å². The summed E-state index contributed by atoms with van der Waals surface area (Å²) in [5, 5.41) is 2.93. The molecule has 0 aliphatic heterocycles. The van der Waals surface area contributed by atoms with Gasteiger partial charge in [0.15, 0.2) is 12.0 Å². The van der Waals surface area contributed by atoms with Gasteiger partial charge < -0.3 is 9.73 Å². The normalized spacial score (nSPS) is 10.8. The van der Waals surface area contributed by atoms with E-state index in [-0.39, 0.29) is 12.3 Å². The average molecular weight is 343 g/mol. The second-order valence-corrected chi connectivity index (χ2v) is 6.14. The Kier molecular flexibility index (Phi) is 4.19. The van der Waals surface area contributed by atoms with Gasteiger partial charge >= 0.3 is 0 Å². The SMILES string of the molecule is Cc1cc(-c2ccc(NC(=O)Cc3ccc4ocnc4c3)cc2)ccn1. The average Bonchev–Trinajstić information content (AvgIpc) is 3.10. The van der Waals surface area contributed by atoms with Gasteiger partial charge in [0.25, 0.3) is 0 Å². The molecular weight excluding hydrogens is 326 g/mol. The van der Waals surface area contributed by atoms with E-state index in [9.17, 15) is 4.79 Å². The summed E-state index contributed by atoms with van der Waals surface area (Å²) in [6.07, 6.45) is 3.49. The molecule has 0 spiro atoms. The maximum atomic E-state index is 12.3. The summed E-state index contributed by atoms with van der Waals surface area (Å²) in [5.74, 6) is -0.0691. The summed E-state index contributed by atoms with van der Waals surface area (Å²) in [6, 6.07) is 17.4. The molecule has 5 nitrogen and oxygen atoms in total. The summed E-state index contributed by atoms with van der Waals surface area (Å²) in [6.45, 7) is 1.97. The van der Waals surface area contributed by atoms with Crippen LogP contribution in [0.5, 0.6) is 0 Å². The number of carbonyl (C=O) groups excluding carboxylic acids is 1. The van der Waals surface area contributed by atoms with Gasteiger partial charge in [-0.3, -0.25) is 9.78 Å². The van der Waals surface area contributed by atoms with Crippen LogP contribution in [0.1, 0.15) is 11.3 Å². The number of benzene rings is 2. The zero-order valence-electron chi connectivity index (χ0n) is 14.3. The number of carbonyl (C=O) groups is 1. The number of pyridine rings is 1. The minimum absolute atomic E-state index is 0.0691. The van der Waals surface area contributed by atoms with E-state index in [1.165, 1.54) is 6.39 Å². The van der Waals surface area contributed by atoms with E-state index in [4.69, 9.17) is 4.42 Å². The van der Waals surface area contributed by atoms with Crippen LogP contribution in [-0.4, -0.2) is 15.9 Å². The van der Waals surface area contributed by atoms with E-state index < -0.39 is 0 Å². The van der Waals surface area contributed by atoms with Crippen molar-refractivity contribution in [2.24, 2.45) is 0 Å². The number of nitrogens with zero attached hydrogens (tertiary/aromatic N) is 2. The third-order valence-corrected chi connectivity index (χ3v) is 4.16. The van der Waals surface area contributed by atoms with E-state index >= 15 is 0 Å². The molecule has 26 heavy (non-hydrogen) atoms. The molecule has 0 atom stereocenters. The Bertz CT molecular complexity index is 1070. The summed E-state index contributed by atoms with van der Waals surface area (Å²) in [7, 11) is 0. The molecule has 0 saturated heterocycles. The Balaban J connectivity index is 1.44. The van der Waals surface area contributed by atoms with Gasteiger partial charge in [-0.2, -0.15) is 0 Å². The lowest BCUT2D eigenvalue weighted by Gasteiger charge is -2.07. The fourth-order valence-electron chi connectivity index (χ4n) is 2.88. The van der Waals surface area contributed by atoms with Crippen molar-refractivity contribution in [3.8, 4) is 11.1 Å². The summed E-state index contributed by atoms with van der Waals surface area (Å²) < 4.78 is 5.21. The van der Waals surface area contributed by atoms with Crippen LogP contribution >= 0.6 is 0 Å². The second kappa shape index (κ2) is 6.80. The van der Waals surface area contributed by atoms with E-state index in [0.29, 0.717) is 0 Å². The first kappa shape index (κ1) is 16.0. The largest absolute Gasteiger partial charge is 0.443 e. The number of hydrogen-bond donors (Lipinski definition) is 1. The molecule has 2 aromatic heterocycles. The van der Waals surface area contributed by atoms with Gasteiger partial charge in [-0.05, 0) is 60.0 Å². The zero-order valence-corrected chi connectivity index (χ0v) is 14.3. The smallest absolute Gasteiger partial charge is 0.228 e. The number of aryl methyl sites for hydroxylation is 1. The number of rotatable bonds is 4. The van der Waals surface area contributed by atoms with E-state index in [2.05, 4.69) is 15.3 Å².